The Morgan fingerprint density at radius 3 is 2.55 bits per heavy atom. The SMILES string of the molecule is COc1ccc(-n2ncc3c(C(=O)Nc4c(C)ccnc4C)cc(C)nc32)cc1. The number of rotatable bonds is 4. The van der Waals surface area contributed by atoms with Gasteiger partial charge in [-0.1, -0.05) is 0 Å². The first-order chi connectivity index (χ1) is 14.0. The van der Waals surface area contributed by atoms with Gasteiger partial charge in [-0.25, -0.2) is 9.67 Å². The number of aromatic nitrogens is 4. The maximum atomic E-state index is 13.1. The molecule has 1 N–H and O–H groups in total. The van der Waals surface area contributed by atoms with Crippen LogP contribution in [0.15, 0.2) is 48.8 Å². The molecule has 7 heteroatoms. The largest absolute Gasteiger partial charge is 0.497 e. The van der Waals surface area contributed by atoms with Crippen LogP contribution in [0, 0.1) is 20.8 Å². The molecule has 0 radical (unpaired) electrons. The molecule has 1 aromatic carbocycles. The van der Waals surface area contributed by atoms with Crippen molar-refractivity contribution >= 4 is 22.6 Å². The normalized spacial score (nSPS) is 10.9. The van der Waals surface area contributed by atoms with E-state index in [1.54, 1.807) is 30.3 Å². The van der Waals surface area contributed by atoms with Crippen molar-refractivity contribution in [3.05, 3.63) is 71.3 Å². The molecule has 0 saturated carbocycles. The fourth-order valence-corrected chi connectivity index (χ4v) is 3.29. The maximum Gasteiger partial charge on any atom is 0.256 e. The van der Waals surface area contributed by atoms with Gasteiger partial charge in [-0.3, -0.25) is 9.78 Å². The molecule has 0 unspecified atom stereocenters. The van der Waals surface area contributed by atoms with E-state index in [1.165, 1.54) is 0 Å². The van der Waals surface area contributed by atoms with Crippen molar-refractivity contribution in [1.29, 1.82) is 0 Å². The summed E-state index contributed by atoms with van der Waals surface area (Å²) in [5.41, 5.74) is 5.18. The minimum atomic E-state index is -0.214. The highest BCUT2D eigenvalue weighted by Crippen LogP contribution is 2.25. The van der Waals surface area contributed by atoms with Gasteiger partial charge in [0.15, 0.2) is 5.65 Å². The van der Waals surface area contributed by atoms with E-state index in [0.29, 0.717) is 16.6 Å². The zero-order valence-corrected chi connectivity index (χ0v) is 16.7. The Morgan fingerprint density at radius 2 is 1.86 bits per heavy atom. The molecule has 3 aromatic heterocycles. The molecule has 0 aliphatic carbocycles. The molecule has 0 bridgehead atoms. The number of carbonyl (C=O) groups is 1. The van der Waals surface area contributed by atoms with Gasteiger partial charge in [0.05, 0.1) is 41.3 Å². The van der Waals surface area contributed by atoms with Gasteiger partial charge in [-0.05, 0) is 62.7 Å². The summed E-state index contributed by atoms with van der Waals surface area (Å²) in [4.78, 5) is 22.0. The molecule has 0 aliphatic rings. The van der Waals surface area contributed by atoms with Crippen LogP contribution in [-0.4, -0.2) is 32.8 Å². The molecule has 0 spiro atoms. The number of hydrogen-bond donors (Lipinski definition) is 1. The van der Waals surface area contributed by atoms with Crippen LogP contribution in [0.2, 0.25) is 0 Å². The molecular formula is C22H21N5O2. The number of methoxy groups -OCH3 is 1. The summed E-state index contributed by atoms with van der Waals surface area (Å²) in [6, 6.07) is 11.2. The van der Waals surface area contributed by atoms with Crippen LogP contribution < -0.4 is 10.1 Å². The second-order valence-electron chi connectivity index (χ2n) is 6.85. The van der Waals surface area contributed by atoms with E-state index in [0.717, 1.165) is 34.1 Å². The van der Waals surface area contributed by atoms with Crippen LogP contribution in [0.25, 0.3) is 16.7 Å². The van der Waals surface area contributed by atoms with Crippen molar-refractivity contribution in [3.8, 4) is 11.4 Å². The Labute approximate surface area is 168 Å². The van der Waals surface area contributed by atoms with E-state index in [4.69, 9.17) is 4.74 Å². The minimum absolute atomic E-state index is 0.214. The van der Waals surface area contributed by atoms with Gasteiger partial charge in [-0.15, -0.1) is 0 Å². The number of amides is 1. The molecule has 29 heavy (non-hydrogen) atoms. The monoisotopic (exact) mass is 387 g/mol. The zero-order chi connectivity index (χ0) is 20.5. The van der Waals surface area contributed by atoms with Crippen LogP contribution >= 0.6 is 0 Å². The molecule has 1 amide bonds. The summed E-state index contributed by atoms with van der Waals surface area (Å²) in [7, 11) is 1.62. The predicted octanol–water partition coefficient (Wildman–Crippen LogP) is 4.00. The summed E-state index contributed by atoms with van der Waals surface area (Å²) in [5, 5.41) is 8.15. The lowest BCUT2D eigenvalue weighted by Crippen LogP contribution is -2.15. The highest BCUT2D eigenvalue weighted by atomic mass is 16.5. The van der Waals surface area contributed by atoms with Gasteiger partial charge in [0, 0.05) is 11.9 Å². The molecule has 146 valence electrons. The Hall–Kier alpha value is -3.74. The number of benzene rings is 1. The number of ether oxygens (including phenoxy) is 1. The fourth-order valence-electron chi connectivity index (χ4n) is 3.29. The van der Waals surface area contributed by atoms with Crippen molar-refractivity contribution < 1.29 is 9.53 Å². The Morgan fingerprint density at radius 1 is 1.10 bits per heavy atom. The minimum Gasteiger partial charge on any atom is -0.497 e. The van der Waals surface area contributed by atoms with Crippen LogP contribution in [0.5, 0.6) is 5.75 Å². The van der Waals surface area contributed by atoms with Crippen LogP contribution in [0.4, 0.5) is 5.69 Å². The second kappa shape index (κ2) is 7.35. The number of aryl methyl sites for hydroxylation is 3. The Balaban J connectivity index is 1.77. The molecule has 0 saturated heterocycles. The molecule has 4 rings (SSSR count). The maximum absolute atomic E-state index is 13.1. The average molecular weight is 387 g/mol. The van der Waals surface area contributed by atoms with Crippen LogP contribution in [0.1, 0.15) is 27.3 Å². The van der Waals surface area contributed by atoms with E-state index in [2.05, 4.69) is 20.4 Å². The quantitative estimate of drug-likeness (QED) is 0.572. The van der Waals surface area contributed by atoms with E-state index < -0.39 is 0 Å². The highest BCUT2D eigenvalue weighted by molar-refractivity contribution is 6.12. The Kier molecular flexibility index (Phi) is 4.72. The van der Waals surface area contributed by atoms with Crippen molar-refractivity contribution in [1.82, 2.24) is 19.7 Å². The summed E-state index contributed by atoms with van der Waals surface area (Å²) in [5.74, 6) is 0.547. The number of carbonyl (C=O) groups excluding carboxylic acids is 1. The number of nitrogens with zero attached hydrogens (tertiary/aromatic N) is 4. The van der Waals surface area contributed by atoms with Gasteiger partial charge in [0.1, 0.15) is 5.75 Å². The molecule has 0 fully saturated rings. The fraction of sp³-hybridized carbons (Fsp3) is 0.182. The van der Waals surface area contributed by atoms with Crippen LogP contribution in [-0.2, 0) is 0 Å². The third-order valence-corrected chi connectivity index (χ3v) is 4.82. The van der Waals surface area contributed by atoms with Crippen molar-refractivity contribution in [2.75, 3.05) is 12.4 Å². The molecule has 3 heterocycles. The van der Waals surface area contributed by atoms with Crippen molar-refractivity contribution in [3.63, 3.8) is 0 Å². The summed E-state index contributed by atoms with van der Waals surface area (Å²) >= 11 is 0. The molecule has 4 aromatic rings. The van der Waals surface area contributed by atoms with Crippen molar-refractivity contribution in [2.45, 2.75) is 20.8 Å². The second-order valence-corrected chi connectivity index (χ2v) is 6.85. The lowest BCUT2D eigenvalue weighted by Gasteiger charge is -2.12. The first-order valence-corrected chi connectivity index (χ1v) is 9.21. The lowest BCUT2D eigenvalue weighted by atomic mass is 10.1. The summed E-state index contributed by atoms with van der Waals surface area (Å²) in [6.45, 7) is 5.68. The van der Waals surface area contributed by atoms with Gasteiger partial charge in [0.25, 0.3) is 5.91 Å². The topological polar surface area (TPSA) is 81.9 Å². The summed E-state index contributed by atoms with van der Waals surface area (Å²) < 4.78 is 6.94. The van der Waals surface area contributed by atoms with E-state index in [9.17, 15) is 4.79 Å². The van der Waals surface area contributed by atoms with Gasteiger partial charge >= 0.3 is 0 Å². The third-order valence-electron chi connectivity index (χ3n) is 4.82. The molecular weight excluding hydrogens is 366 g/mol. The van der Waals surface area contributed by atoms with Crippen molar-refractivity contribution in [2.24, 2.45) is 0 Å². The standard InChI is InChI=1S/C22H21N5O2/c1-13-9-10-23-15(3)20(13)26-22(28)18-11-14(2)25-21-19(18)12-24-27(21)16-5-7-17(29-4)8-6-16/h5-12H,1-4H3,(H,26,28). The van der Waals surface area contributed by atoms with E-state index in [-0.39, 0.29) is 5.91 Å². The number of fused-ring (bicyclic) bond motifs is 1. The number of anilines is 1. The van der Waals surface area contributed by atoms with Gasteiger partial charge < -0.3 is 10.1 Å². The predicted molar refractivity (Wildman–Crippen MR) is 112 cm³/mol. The number of hydrogen-bond acceptors (Lipinski definition) is 5. The van der Waals surface area contributed by atoms with Crippen LogP contribution in [0.3, 0.4) is 0 Å². The first kappa shape index (κ1) is 18.6. The van der Waals surface area contributed by atoms with E-state index >= 15 is 0 Å². The average Bonchev–Trinajstić information content (AvgIpc) is 3.13. The smallest absolute Gasteiger partial charge is 0.256 e. The molecule has 0 aliphatic heterocycles. The summed E-state index contributed by atoms with van der Waals surface area (Å²) in [6.07, 6.45) is 3.40. The first-order valence-electron chi connectivity index (χ1n) is 9.21. The lowest BCUT2D eigenvalue weighted by molar-refractivity contribution is 0.102. The molecule has 0 atom stereocenters. The highest BCUT2D eigenvalue weighted by Gasteiger charge is 2.18. The third kappa shape index (κ3) is 3.42. The number of pyridine rings is 2. The van der Waals surface area contributed by atoms with Gasteiger partial charge in [0.2, 0.25) is 0 Å². The van der Waals surface area contributed by atoms with Gasteiger partial charge in [-0.2, -0.15) is 5.10 Å². The zero-order valence-electron chi connectivity index (χ0n) is 16.7. The van der Waals surface area contributed by atoms with E-state index in [1.807, 2.05) is 51.1 Å². The number of nitrogens with one attached hydrogen (secondary N) is 1. The molecule has 7 nitrogen and oxygen atoms in total. The Bertz CT molecular complexity index is 1190.